The van der Waals surface area contributed by atoms with Crippen molar-refractivity contribution in [1.82, 2.24) is 4.98 Å². The van der Waals surface area contributed by atoms with Crippen molar-refractivity contribution in [2.75, 3.05) is 5.32 Å². The van der Waals surface area contributed by atoms with Crippen LogP contribution < -0.4 is 11.1 Å². The van der Waals surface area contributed by atoms with E-state index in [1.165, 1.54) is 6.07 Å². The largest absolute Gasteiger partial charge is 0.409 e. The van der Waals surface area contributed by atoms with Gasteiger partial charge in [-0.2, -0.15) is 0 Å². The number of nitrogens with two attached hydrogens (primary N) is 1. The van der Waals surface area contributed by atoms with Gasteiger partial charge in [0.1, 0.15) is 5.69 Å². The number of anilines is 1. The van der Waals surface area contributed by atoms with Crippen LogP contribution in [0.15, 0.2) is 41.6 Å². The monoisotopic (exact) mass is 304 g/mol. The van der Waals surface area contributed by atoms with Gasteiger partial charge in [0.2, 0.25) is 0 Å². The van der Waals surface area contributed by atoms with Gasteiger partial charge in [-0.3, -0.25) is 4.79 Å². The normalized spacial score (nSPS) is 11.2. The summed E-state index contributed by atoms with van der Waals surface area (Å²) in [6.45, 7) is 1.79. The highest BCUT2D eigenvalue weighted by atomic mass is 35.5. The van der Waals surface area contributed by atoms with E-state index in [4.69, 9.17) is 22.5 Å². The summed E-state index contributed by atoms with van der Waals surface area (Å²) in [5.41, 5.74) is 7.27. The second-order valence-corrected chi connectivity index (χ2v) is 4.73. The van der Waals surface area contributed by atoms with Crippen molar-refractivity contribution in [2.24, 2.45) is 10.9 Å². The van der Waals surface area contributed by atoms with Gasteiger partial charge in [-0.05, 0) is 37.3 Å². The van der Waals surface area contributed by atoms with Gasteiger partial charge in [-0.25, -0.2) is 4.98 Å². The molecule has 6 nitrogen and oxygen atoms in total. The molecule has 0 fully saturated rings. The summed E-state index contributed by atoms with van der Waals surface area (Å²) in [5, 5.41) is 14.8. The average molecular weight is 305 g/mol. The third-order valence-electron chi connectivity index (χ3n) is 2.73. The van der Waals surface area contributed by atoms with E-state index in [0.717, 1.165) is 5.69 Å². The molecule has 0 radical (unpaired) electrons. The maximum Gasteiger partial charge on any atom is 0.274 e. The third kappa shape index (κ3) is 3.49. The van der Waals surface area contributed by atoms with Crippen LogP contribution in [-0.2, 0) is 0 Å². The summed E-state index contributed by atoms with van der Waals surface area (Å²) < 4.78 is 0. The standard InChI is InChI=1S/C14H13ClN4O2/c1-8-3-2-4-11(17-8)14(20)18-12-7-9(15)5-6-10(12)13(16)19-21/h2-7,21H,1H3,(H2,16,19)(H,18,20). The molecule has 0 unspecified atom stereocenters. The molecule has 1 heterocycles. The first-order valence-electron chi connectivity index (χ1n) is 6.03. The summed E-state index contributed by atoms with van der Waals surface area (Å²) in [4.78, 5) is 16.3. The molecule has 108 valence electrons. The van der Waals surface area contributed by atoms with Crippen molar-refractivity contribution >= 4 is 29.0 Å². The van der Waals surface area contributed by atoms with E-state index in [0.29, 0.717) is 16.3 Å². The number of hydrogen-bond donors (Lipinski definition) is 3. The number of carbonyl (C=O) groups is 1. The van der Waals surface area contributed by atoms with Gasteiger partial charge < -0.3 is 16.3 Å². The molecule has 2 rings (SSSR count). The van der Waals surface area contributed by atoms with Crippen LogP contribution in [0.4, 0.5) is 5.69 Å². The predicted octanol–water partition coefficient (Wildman–Crippen LogP) is 2.39. The molecule has 0 aliphatic rings. The highest BCUT2D eigenvalue weighted by Gasteiger charge is 2.13. The summed E-state index contributed by atoms with van der Waals surface area (Å²) in [6, 6.07) is 9.77. The average Bonchev–Trinajstić information content (AvgIpc) is 2.46. The number of nitrogens with zero attached hydrogens (tertiary/aromatic N) is 2. The Kier molecular flexibility index (Phi) is 4.39. The first-order chi connectivity index (χ1) is 10.0. The number of rotatable bonds is 3. The Bertz CT molecular complexity index is 716. The zero-order valence-corrected chi connectivity index (χ0v) is 11.9. The molecule has 4 N–H and O–H groups in total. The van der Waals surface area contributed by atoms with Gasteiger partial charge in [0, 0.05) is 16.3 Å². The lowest BCUT2D eigenvalue weighted by Crippen LogP contribution is -2.20. The van der Waals surface area contributed by atoms with Crippen molar-refractivity contribution < 1.29 is 10.0 Å². The van der Waals surface area contributed by atoms with Crippen LogP contribution in [-0.4, -0.2) is 21.9 Å². The quantitative estimate of drug-likeness (QED) is 0.351. The molecule has 1 aromatic carbocycles. The molecule has 1 amide bonds. The Hall–Kier alpha value is -2.60. The first-order valence-corrected chi connectivity index (χ1v) is 6.41. The molecule has 0 spiro atoms. The number of oxime groups is 1. The SMILES string of the molecule is Cc1cccc(C(=O)Nc2cc(Cl)ccc2C(N)=NO)n1. The molecule has 2 aromatic rings. The van der Waals surface area contributed by atoms with Gasteiger partial charge in [0.25, 0.3) is 5.91 Å². The molecule has 21 heavy (non-hydrogen) atoms. The molecule has 1 aromatic heterocycles. The fourth-order valence-corrected chi connectivity index (χ4v) is 1.93. The van der Waals surface area contributed by atoms with Crippen LogP contribution in [0.1, 0.15) is 21.7 Å². The van der Waals surface area contributed by atoms with E-state index in [-0.39, 0.29) is 11.5 Å². The second-order valence-electron chi connectivity index (χ2n) is 4.29. The van der Waals surface area contributed by atoms with Gasteiger partial charge in [0.15, 0.2) is 5.84 Å². The minimum atomic E-state index is -0.409. The van der Waals surface area contributed by atoms with Gasteiger partial charge in [0.05, 0.1) is 5.69 Å². The predicted molar refractivity (Wildman–Crippen MR) is 80.9 cm³/mol. The molecule has 0 aliphatic carbocycles. The number of carbonyl (C=O) groups excluding carboxylic acids is 1. The second kappa shape index (κ2) is 6.23. The summed E-state index contributed by atoms with van der Waals surface area (Å²) in [7, 11) is 0. The van der Waals surface area contributed by atoms with E-state index in [9.17, 15) is 4.79 Å². The van der Waals surface area contributed by atoms with Crippen molar-refractivity contribution in [2.45, 2.75) is 6.92 Å². The highest BCUT2D eigenvalue weighted by molar-refractivity contribution is 6.31. The molecule has 0 saturated heterocycles. The van der Waals surface area contributed by atoms with Gasteiger partial charge >= 0.3 is 0 Å². The van der Waals surface area contributed by atoms with Crippen LogP contribution in [0.25, 0.3) is 0 Å². The van der Waals surface area contributed by atoms with Crippen molar-refractivity contribution in [3.05, 3.63) is 58.4 Å². The fraction of sp³-hybridized carbons (Fsp3) is 0.0714. The Morgan fingerprint density at radius 3 is 2.81 bits per heavy atom. The number of hydrogen-bond acceptors (Lipinski definition) is 4. The van der Waals surface area contributed by atoms with Crippen molar-refractivity contribution in [1.29, 1.82) is 0 Å². The zero-order chi connectivity index (χ0) is 15.4. The Balaban J connectivity index is 2.35. The number of benzene rings is 1. The molecule has 0 atom stereocenters. The molecule has 7 heteroatoms. The van der Waals surface area contributed by atoms with Gasteiger partial charge in [-0.15, -0.1) is 0 Å². The van der Waals surface area contributed by atoms with E-state index < -0.39 is 5.91 Å². The minimum Gasteiger partial charge on any atom is -0.409 e. The number of halogens is 1. The maximum absolute atomic E-state index is 12.2. The van der Waals surface area contributed by atoms with Crippen LogP contribution in [0, 0.1) is 6.92 Å². The number of aryl methyl sites for hydroxylation is 1. The summed E-state index contributed by atoms with van der Waals surface area (Å²) >= 11 is 5.91. The molecular weight excluding hydrogens is 292 g/mol. The Morgan fingerprint density at radius 2 is 2.14 bits per heavy atom. The third-order valence-corrected chi connectivity index (χ3v) is 2.97. The highest BCUT2D eigenvalue weighted by Crippen LogP contribution is 2.21. The number of amides is 1. The van der Waals surface area contributed by atoms with Crippen molar-refractivity contribution in [3.63, 3.8) is 0 Å². The van der Waals surface area contributed by atoms with E-state index in [1.807, 2.05) is 0 Å². The maximum atomic E-state index is 12.2. The number of amidine groups is 1. The Morgan fingerprint density at radius 1 is 1.38 bits per heavy atom. The van der Waals surface area contributed by atoms with E-state index in [2.05, 4.69) is 15.5 Å². The van der Waals surface area contributed by atoms with Crippen LogP contribution >= 0.6 is 11.6 Å². The Labute approximate surface area is 126 Å². The topological polar surface area (TPSA) is 101 Å². The molecular formula is C14H13ClN4O2. The van der Waals surface area contributed by atoms with Crippen LogP contribution in [0.5, 0.6) is 0 Å². The molecule has 0 saturated carbocycles. The fourth-order valence-electron chi connectivity index (χ4n) is 1.75. The zero-order valence-electron chi connectivity index (χ0n) is 11.2. The lowest BCUT2D eigenvalue weighted by atomic mass is 10.1. The number of pyridine rings is 1. The lowest BCUT2D eigenvalue weighted by molar-refractivity contribution is 0.102. The minimum absolute atomic E-state index is 0.126. The molecule has 0 aliphatic heterocycles. The number of nitrogens with one attached hydrogen (secondary N) is 1. The van der Waals surface area contributed by atoms with E-state index >= 15 is 0 Å². The van der Waals surface area contributed by atoms with Crippen LogP contribution in [0.2, 0.25) is 5.02 Å². The lowest BCUT2D eigenvalue weighted by Gasteiger charge is -2.10. The summed E-state index contributed by atoms with van der Waals surface area (Å²) in [5.74, 6) is -0.535. The first kappa shape index (κ1) is 14.8. The smallest absolute Gasteiger partial charge is 0.274 e. The van der Waals surface area contributed by atoms with Crippen molar-refractivity contribution in [3.8, 4) is 0 Å². The molecule has 0 bridgehead atoms. The summed E-state index contributed by atoms with van der Waals surface area (Å²) in [6.07, 6.45) is 0. The van der Waals surface area contributed by atoms with E-state index in [1.54, 1.807) is 37.3 Å². The van der Waals surface area contributed by atoms with Gasteiger partial charge in [-0.1, -0.05) is 22.8 Å². The number of aromatic nitrogens is 1. The van der Waals surface area contributed by atoms with Crippen LogP contribution in [0.3, 0.4) is 0 Å².